The molecular formula is C25H19NO4. The van der Waals surface area contributed by atoms with Gasteiger partial charge in [0.05, 0.1) is 17.9 Å². The molecule has 0 aliphatic heterocycles. The van der Waals surface area contributed by atoms with Gasteiger partial charge in [0.1, 0.15) is 0 Å². The van der Waals surface area contributed by atoms with E-state index in [-0.39, 0.29) is 23.8 Å². The Morgan fingerprint density at radius 2 is 1.53 bits per heavy atom. The molecule has 0 heterocycles. The fourth-order valence-corrected chi connectivity index (χ4v) is 3.38. The normalized spacial score (nSPS) is 10.7. The lowest BCUT2D eigenvalue weighted by Gasteiger charge is -2.12. The molecule has 4 aromatic carbocycles. The SMILES string of the molecule is O=C(Nc1ccc(-c2cccc(CO)c2)cc1C(=O)O)c1ccc2ccccc2c1. The number of fused-ring (bicyclic) bond motifs is 1. The third-order valence-corrected chi connectivity index (χ3v) is 4.95. The molecule has 0 fully saturated rings. The summed E-state index contributed by atoms with van der Waals surface area (Å²) in [6, 6.07) is 25.2. The zero-order valence-electron chi connectivity index (χ0n) is 16.0. The summed E-state index contributed by atoms with van der Waals surface area (Å²) in [5.41, 5.74) is 2.88. The summed E-state index contributed by atoms with van der Waals surface area (Å²) in [6.07, 6.45) is 0. The van der Waals surface area contributed by atoms with E-state index >= 15 is 0 Å². The average Bonchev–Trinajstić information content (AvgIpc) is 2.78. The number of aromatic carboxylic acids is 1. The monoisotopic (exact) mass is 397 g/mol. The standard InChI is InChI=1S/C25H19NO4/c27-15-16-4-3-7-18(12-16)20-10-11-23(22(14-20)25(29)30)26-24(28)21-9-8-17-5-1-2-6-19(17)13-21/h1-14,27H,15H2,(H,26,28)(H,29,30). The average molecular weight is 397 g/mol. The quantitative estimate of drug-likeness (QED) is 0.445. The smallest absolute Gasteiger partial charge is 0.337 e. The Hall–Kier alpha value is -3.96. The summed E-state index contributed by atoms with van der Waals surface area (Å²) in [4.78, 5) is 24.6. The Labute approximate surface area is 173 Å². The summed E-state index contributed by atoms with van der Waals surface area (Å²) in [6.45, 7) is -0.0977. The zero-order chi connectivity index (χ0) is 21.1. The van der Waals surface area contributed by atoms with Gasteiger partial charge < -0.3 is 15.5 Å². The number of nitrogens with one attached hydrogen (secondary N) is 1. The molecule has 4 rings (SSSR count). The first-order valence-electron chi connectivity index (χ1n) is 9.43. The predicted molar refractivity (Wildman–Crippen MR) is 117 cm³/mol. The summed E-state index contributed by atoms with van der Waals surface area (Å²) >= 11 is 0. The van der Waals surface area contributed by atoms with Crippen molar-refractivity contribution < 1.29 is 19.8 Å². The van der Waals surface area contributed by atoms with Gasteiger partial charge in [0, 0.05) is 5.56 Å². The van der Waals surface area contributed by atoms with Crippen molar-refractivity contribution in [1.82, 2.24) is 0 Å². The van der Waals surface area contributed by atoms with E-state index in [4.69, 9.17) is 0 Å². The van der Waals surface area contributed by atoms with Gasteiger partial charge in [0.15, 0.2) is 0 Å². The number of carboxylic acids is 1. The minimum absolute atomic E-state index is 0.00367. The van der Waals surface area contributed by atoms with Crippen LogP contribution in [0.2, 0.25) is 0 Å². The van der Waals surface area contributed by atoms with Crippen LogP contribution in [0.1, 0.15) is 26.3 Å². The first kappa shape index (κ1) is 19.4. The Bertz CT molecular complexity index is 1260. The summed E-state index contributed by atoms with van der Waals surface area (Å²) in [5.74, 6) is -1.51. The van der Waals surface area contributed by atoms with Crippen molar-refractivity contribution >= 4 is 28.3 Å². The van der Waals surface area contributed by atoms with E-state index in [0.717, 1.165) is 21.9 Å². The first-order chi connectivity index (χ1) is 14.5. The predicted octanol–water partition coefficient (Wildman–Crippen LogP) is 4.95. The molecule has 30 heavy (non-hydrogen) atoms. The number of carbonyl (C=O) groups is 2. The molecule has 5 heteroatoms. The number of amides is 1. The number of carbonyl (C=O) groups excluding carboxylic acids is 1. The molecule has 148 valence electrons. The molecule has 0 spiro atoms. The number of hydrogen-bond donors (Lipinski definition) is 3. The maximum absolute atomic E-state index is 12.7. The van der Waals surface area contributed by atoms with Gasteiger partial charge in [0.2, 0.25) is 0 Å². The van der Waals surface area contributed by atoms with Crippen LogP contribution in [-0.4, -0.2) is 22.1 Å². The van der Waals surface area contributed by atoms with Crippen LogP contribution in [0.5, 0.6) is 0 Å². The lowest BCUT2D eigenvalue weighted by molar-refractivity contribution is 0.0698. The van der Waals surface area contributed by atoms with Crippen molar-refractivity contribution in [3.8, 4) is 11.1 Å². The maximum atomic E-state index is 12.7. The van der Waals surface area contributed by atoms with Gasteiger partial charge in [-0.15, -0.1) is 0 Å². The zero-order valence-corrected chi connectivity index (χ0v) is 16.0. The van der Waals surface area contributed by atoms with E-state index in [1.165, 1.54) is 6.07 Å². The second-order valence-electron chi connectivity index (χ2n) is 6.94. The highest BCUT2D eigenvalue weighted by atomic mass is 16.4. The first-order valence-corrected chi connectivity index (χ1v) is 9.43. The Balaban J connectivity index is 1.66. The molecule has 5 nitrogen and oxygen atoms in total. The molecule has 0 unspecified atom stereocenters. The van der Waals surface area contributed by atoms with Crippen LogP contribution in [0.4, 0.5) is 5.69 Å². The van der Waals surface area contributed by atoms with Crippen LogP contribution in [0.3, 0.4) is 0 Å². The van der Waals surface area contributed by atoms with Gasteiger partial charge in [-0.05, 0) is 57.8 Å². The molecule has 0 atom stereocenters. The second kappa shape index (κ2) is 8.19. The molecule has 1 amide bonds. The maximum Gasteiger partial charge on any atom is 0.337 e. The molecule has 0 aliphatic carbocycles. The van der Waals surface area contributed by atoms with Gasteiger partial charge in [-0.1, -0.05) is 54.6 Å². The summed E-state index contributed by atoms with van der Waals surface area (Å²) in [7, 11) is 0. The van der Waals surface area contributed by atoms with Crippen LogP contribution in [0.15, 0.2) is 84.9 Å². The summed E-state index contributed by atoms with van der Waals surface area (Å²) < 4.78 is 0. The molecule has 0 aliphatic rings. The molecule has 0 radical (unpaired) electrons. The number of rotatable bonds is 5. The van der Waals surface area contributed by atoms with Crippen LogP contribution < -0.4 is 5.32 Å². The lowest BCUT2D eigenvalue weighted by atomic mass is 10.00. The van der Waals surface area contributed by atoms with E-state index in [1.807, 2.05) is 36.4 Å². The van der Waals surface area contributed by atoms with E-state index in [2.05, 4.69) is 5.32 Å². The van der Waals surface area contributed by atoms with Crippen molar-refractivity contribution in [3.63, 3.8) is 0 Å². The number of benzene rings is 4. The molecule has 0 saturated heterocycles. The van der Waals surface area contributed by atoms with E-state index < -0.39 is 5.97 Å². The van der Waals surface area contributed by atoms with Gasteiger partial charge in [0.25, 0.3) is 5.91 Å². The van der Waals surface area contributed by atoms with Gasteiger partial charge in [-0.3, -0.25) is 4.79 Å². The molecule has 3 N–H and O–H groups in total. The fourth-order valence-electron chi connectivity index (χ4n) is 3.38. The second-order valence-corrected chi connectivity index (χ2v) is 6.94. The van der Waals surface area contributed by atoms with Crippen molar-refractivity contribution in [1.29, 1.82) is 0 Å². The van der Waals surface area contributed by atoms with E-state index in [1.54, 1.807) is 42.5 Å². The van der Waals surface area contributed by atoms with E-state index in [9.17, 15) is 19.8 Å². The third kappa shape index (κ3) is 3.92. The van der Waals surface area contributed by atoms with Crippen molar-refractivity contribution in [2.75, 3.05) is 5.32 Å². The highest BCUT2D eigenvalue weighted by Crippen LogP contribution is 2.27. The minimum Gasteiger partial charge on any atom is -0.478 e. The fraction of sp³-hybridized carbons (Fsp3) is 0.0400. The minimum atomic E-state index is -1.14. The van der Waals surface area contributed by atoms with Crippen molar-refractivity contribution in [2.45, 2.75) is 6.61 Å². The molecule has 0 saturated carbocycles. The highest BCUT2D eigenvalue weighted by Gasteiger charge is 2.15. The Morgan fingerprint density at radius 1 is 0.767 bits per heavy atom. The highest BCUT2D eigenvalue weighted by molar-refractivity contribution is 6.09. The Kier molecular flexibility index (Phi) is 5.28. The number of hydrogen-bond acceptors (Lipinski definition) is 3. The molecular weight excluding hydrogens is 378 g/mol. The van der Waals surface area contributed by atoms with Crippen molar-refractivity contribution in [3.05, 3.63) is 102 Å². The van der Waals surface area contributed by atoms with Gasteiger partial charge in [-0.2, -0.15) is 0 Å². The molecule has 0 aromatic heterocycles. The number of aliphatic hydroxyl groups excluding tert-OH is 1. The van der Waals surface area contributed by atoms with Crippen LogP contribution in [0, 0.1) is 0 Å². The van der Waals surface area contributed by atoms with Crippen LogP contribution in [0.25, 0.3) is 21.9 Å². The number of anilines is 1. The number of carboxylic acid groups (broad SMARTS) is 1. The van der Waals surface area contributed by atoms with Gasteiger partial charge in [-0.25, -0.2) is 4.79 Å². The Morgan fingerprint density at radius 3 is 2.30 bits per heavy atom. The lowest BCUT2D eigenvalue weighted by Crippen LogP contribution is -2.15. The molecule has 0 bridgehead atoms. The summed E-state index contributed by atoms with van der Waals surface area (Å²) in [5, 5.41) is 23.7. The van der Waals surface area contributed by atoms with Gasteiger partial charge >= 0.3 is 5.97 Å². The van der Waals surface area contributed by atoms with Crippen LogP contribution >= 0.6 is 0 Å². The topological polar surface area (TPSA) is 86.6 Å². The van der Waals surface area contributed by atoms with Crippen LogP contribution in [-0.2, 0) is 6.61 Å². The number of aliphatic hydroxyl groups is 1. The van der Waals surface area contributed by atoms with E-state index in [0.29, 0.717) is 11.1 Å². The largest absolute Gasteiger partial charge is 0.478 e. The third-order valence-electron chi connectivity index (χ3n) is 4.95. The van der Waals surface area contributed by atoms with Crippen molar-refractivity contribution in [2.24, 2.45) is 0 Å². The molecule has 4 aromatic rings.